The van der Waals surface area contributed by atoms with Gasteiger partial charge in [-0.25, -0.2) is 4.79 Å². The van der Waals surface area contributed by atoms with Crippen LogP contribution in [0.15, 0.2) is 30.3 Å². The third-order valence-corrected chi connectivity index (χ3v) is 4.07. The number of hydrogen-bond donors (Lipinski definition) is 3. The minimum absolute atomic E-state index is 0.158. The molecule has 1 aliphatic carbocycles. The summed E-state index contributed by atoms with van der Waals surface area (Å²) >= 11 is 0. The molecule has 5 heteroatoms. The fraction of sp³-hybridized carbons (Fsp3) is 0.500. The highest BCUT2D eigenvalue weighted by Gasteiger charge is 2.30. The topological polar surface area (TPSA) is 70.2 Å². The van der Waals surface area contributed by atoms with Gasteiger partial charge in [-0.1, -0.05) is 36.8 Å². The molecule has 1 aliphatic rings. The van der Waals surface area contributed by atoms with Crippen LogP contribution in [-0.4, -0.2) is 25.0 Å². The fourth-order valence-corrected chi connectivity index (χ4v) is 2.57. The van der Waals surface area contributed by atoms with Crippen molar-refractivity contribution in [1.82, 2.24) is 16.0 Å². The largest absolute Gasteiger partial charge is 0.341 e. The van der Waals surface area contributed by atoms with E-state index in [0.29, 0.717) is 5.92 Å². The number of carbonyl (C=O) groups excluding carboxylic acids is 2. The first-order valence-electron chi connectivity index (χ1n) is 7.45. The molecule has 0 aliphatic heterocycles. The Bertz CT molecular complexity index is 486. The van der Waals surface area contributed by atoms with Gasteiger partial charge in [-0.3, -0.25) is 15.4 Å². The van der Waals surface area contributed by atoms with E-state index in [1.807, 2.05) is 18.2 Å². The lowest BCUT2D eigenvalue weighted by atomic mass is 9.77. The molecule has 1 aromatic rings. The molecule has 0 saturated heterocycles. The molecule has 2 rings (SSSR count). The van der Waals surface area contributed by atoms with E-state index in [1.165, 1.54) is 31.9 Å². The van der Waals surface area contributed by atoms with Gasteiger partial charge in [0, 0.05) is 13.1 Å². The number of hydrogen-bond acceptors (Lipinski definition) is 3. The van der Waals surface area contributed by atoms with Crippen LogP contribution >= 0.6 is 0 Å². The van der Waals surface area contributed by atoms with Gasteiger partial charge in [0.2, 0.25) is 5.91 Å². The maximum Gasteiger partial charge on any atom is 0.321 e. The molecule has 114 valence electrons. The summed E-state index contributed by atoms with van der Waals surface area (Å²) in [5.74, 6) is 0.247. The highest BCUT2D eigenvalue weighted by Crippen LogP contribution is 2.37. The SMILES string of the molecule is CNC(=O)NC(=O)[C@H](C)N[C@H](c1ccccc1)C1CCC1. The third kappa shape index (κ3) is 4.04. The first-order chi connectivity index (χ1) is 10.1. The van der Waals surface area contributed by atoms with Crippen LogP contribution < -0.4 is 16.0 Å². The van der Waals surface area contributed by atoms with E-state index in [1.54, 1.807) is 6.92 Å². The van der Waals surface area contributed by atoms with Crippen molar-refractivity contribution >= 4 is 11.9 Å². The second kappa shape index (κ2) is 7.22. The number of rotatable bonds is 5. The highest BCUT2D eigenvalue weighted by atomic mass is 16.2. The van der Waals surface area contributed by atoms with E-state index in [4.69, 9.17) is 0 Å². The predicted molar refractivity (Wildman–Crippen MR) is 81.7 cm³/mol. The van der Waals surface area contributed by atoms with Crippen molar-refractivity contribution in [2.45, 2.75) is 38.3 Å². The second-order valence-electron chi connectivity index (χ2n) is 5.54. The molecule has 0 aromatic heterocycles. The summed E-state index contributed by atoms with van der Waals surface area (Å²) in [6, 6.07) is 9.43. The summed E-state index contributed by atoms with van der Waals surface area (Å²) in [5.41, 5.74) is 1.20. The minimum Gasteiger partial charge on any atom is -0.341 e. The molecule has 3 N–H and O–H groups in total. The van der Waals surface area contributed by atoms with Crippen LogP contribution in [0.5, 0.6) is 0 Å². The van der Waals surface area contributed by atoms with Gasteiger partial charge in [0.05, 0.1) is 6.04 Å². The Morgan fingerprint density at radius 2 is 1.86 bits per heavy atom. The molecular formula is C16H23N3O2. The van der Waals surface area contributed by atoms with Gasteiger partial charge < -0.3 is 5.32 Å². The molecule has 1 fully saturated rings. The molecule has 2 atom stereocenters. The number of urea groups is 1. The molecule has 21 heavy (non-hydrogen) atoms. The van der Waals surface area contributed by atoms with Crippen LogP contribution in [0.3, 0.4) is 0 Å². The van der Waals surface area contributed by atoms with E-state index < -0.39 is 12.1 Å². The first-order valence-corrected chi connectivity index (χ1v) is 7.45. The summed E-state index contributed by atoms with van der Waals surface area (Å²) in [4.78, 5) is 23.2. The van der Waals surface area contributed by atoms with Crippen LogP contribution in [0.25, 0.3) is 0 Å². The zero-order valence-electron chi connectivity index (χ0n) is 12.6. The Labute approximate surface area is 125 Å². The zero-order chi connectivity index (χ0) is 15.2. The maximum absolute atomic E-state index is 12.0. The Morgan fingerprint density at radius 3 is 2.38 bits per heavy atom. The smallest absolute Gasteiger partial charge is 0.321 e. The monoisotopic (exact) mass is 289 g/mol. The van der Waals surface area contributed by atoms with Crippen LogP contribution in [-0.2, 0) is 4.79 Å². The third-order valence-electron chi connectivity index (χ3n) is 4.07. The van der Waals surface area contributed by atoms with Crippen LogP contribution in [0.1, 0.15) is 37.8 Å². The quantitative estimate of drug-likeness (QED) is 0.776. The van der Waals surface area contributed by atoms with Gasteiger partial charge in [-0.2, -0.15) is 0 Å². The summed E-state index contributed by atoms with van der Waals surface area (Å²) < 4.78 is 0. The molecule has 0 bridgehead atoms. The van der Waals surface area contributed by atoms with Crippen molar-refractivity contribution in [3.8, 4) is 0 Å². The Hall–Kier alpha value is -1.88. The maximum atomic E-state index is 12.0. The summed E-state index contributed by atoms with van der Waals surface area (Å²) in [5, 5.41) is 8.06. The molecule has 3 amide bonds. The van der Waals surface area contributed by atoms with Gasteiger partial charge in [-0.05, 0) is 31.2 Å². The molecule has 1 saturated carbocycles. The number of amides is 3. The normalized spacial score (nSPS) is 17.4. The Morgan fingerprint density at radius 1 is 1.19 bits per heavy atom. The molecule has 1 aromatic carbocycles. The van der Waals surface area contributed by atoms with Crippen LogP contribution in [0.2, 0.25) is 0 Å². The van der Waals surface area contributed by atoms with Gasteiger partial charge >= 0.3 is 6.03 Å². The zero-order valence-corrected chi connectivity index (χ0v) is 12.6. The summed E-state index contributed by atoms with van der Waals surface area (Å²) in [6.07, 6.45) is 3.60. The number of nitrogens with one attached hydrogen (secondary N) is 3. The van der Waals surface area contributed by atoms with Gasteiger partial charge in [0.1, 0.15) is 0 Å². The van der Waals surface area contributed by atoms with Gasteiger partial charge in [-0.15, -0.1) is 0 Å². The van der Waals surface area contributed by atoms with Crippen molar-refractivity contribution in [3.05, 3.63) is 35.9 Å². The molecular weight excluding hydrogens is 266 g/mol. The van der Waals surface area contributed by atoms with Crippen molar-refractivity contribution in [1.29, 1.82) is 0 Å². The molecule has 0 radical (unpaired) electrons. The van der Waals surface area contributed by atoms with Crippen LogP contribution in [0.4, 0.5) is 4.79 Å². The van der Waals surface area contributed by atoms with Crippen molar-refractivity contribution in [2.75, 3.05) is 7.05 Å². The second-order valence-corrected chi connectivity index (χ2v) is 5.54. The van der Waals surface area contributed by atoms with Crippen molar-refractivity contribution in [2.24, 2.45) is 5.92 Å². The standard InChI is InChI=1S/C16H23N3O2/c1-11(15(20)19-16(21)17-2)18-14(13-9-6-10-13)12-7-4-3-5-8-12/h3-5,7-8,11,13-14,18H,6,9-10H2,1-2H3,(H2,17,19,20,21)/t11-,14+/m0/s1. The molecule has 0 unspecified atom stereocenters. The minimum atomic E-state index is -0.478. The van der Waals surface area contributed by atoms with E-state index in [-0.39, 0.29) is 11.9 Å². The number of imide groups is 1. The Kier molecular flexibility index (Phi) is 5.33. The molecule has 0 spiro atoms. The highest BCUT2D eigenvalue weighted by molar-refractivity contribution is 5.96. The fourth-order valence-electron chi connectivity index (χ4n) is 2.57. The predicted octanol–water partition coefficient (Wildman–Crippen LogP) is 1.96. The number of benzene rings is 1. The molecule has 5 nitrogen and oxygen atoms in total. The summed E-state index contributed by atoms with van der Waals surface area (Å²) in [6.45, 7) is 1.78. The van der Waals surface area contributed by atoms with E-state index >= 15 is 0 Å². The van der Waals surface area contributed by atoms with E-state index in [0.717, 1.165) is 0 Å². The van der Waals surface area contributed by atoms with E-state index in [9.17, 15) is 9.59 Å². The first kappa shape index (κ1) is 15.5. The lowest BCUT2D eigenvalue weighted by Gasteiger charge is -2.36. The van der Waals surface area contributed by atoms with Gasteiger partial charge in [0.25, 0.3) is 0 Å². The lowest BCUT2D eigenvalue weighted by molar-refractivity contribution is -0.122. The average molecular weight is 289 g/mol. The average Bonchev–Trinajstić information content (AvgIpc) is 2.45. The molecule has 0 heterocycles. The van der Waals surface area contributed by atoms with Crippen molar-refractivity contribution < 1.29 is 9.59 Å². The van der Waals surface area contributed by atoms with Gasteiger partial charge in [0.15, 0.2) is 0 Å². The van der Waals surface area contributed by atoms with Crippen molar-refractivity contribution in [3.63, 3.8) is 0 Å². The lowest BCUT2D eigenvalue weighted by Crippen LogP contribution is -2.49. The summed E-state index contributed by atoms with van der Waals surface area (Å²) in [7, 11) is 1.49. The Balaban J connectivity index is 2.01. The van der Waals surface area contributed by atoms with Crippen LogP contribution in [0, 0.1) is 5.92 Å². The number of carbonyl (C=O) groups is 2. The van der Waals surface area contributed by atoms with E-state index in [2.05, 4.69) is 28.1 Å².